The van der Waals surface area contributed by atoms with Crippen LogP contribution in [0.2, 0.25) is 0 Å². The monoisotopic (exact) mass is 1610 g/mol. The number of aromatic nitrogens is 2. The van der Waals surface area contributed by atoms with Gasteiger partial charge in [-0.15, -0.1) is 11.3 Å². The van der Waals surface area contributed by atoms with Gasteiger partial charge in [0, 0.05) is 92.6 Å². The molecule has 3 heterocycles. The van der Waals surface area contributed by atoms with Crippen molar-refractivity contribution in [1.82, 2.24) is 9.13 Å². The SMILES string of the molecule is CC1(C)c2ccccc2-c2ccc(-c3ccc(N(c4ccc(-c5ccc(F)cc5)cc4)c4ccc(-c5ccc6c(c5)c5ccccc5n6-c5ccccc5)cc4)cc3)cc21.Fc1c(F)c(F)c(-c2ccc(N(c3ccc(-c4ccc5c(c4)sc4ccccc45)cc3)c3ccc(-c4ccc5c(c4)c4ccccc4n5-c4ccccc4)cc3)cc2)c(F)c1F. The Morgan fingerprint density at radius 2 is 0.549 bits per heavy atom. The van der Waals surface area contributed by atoms with Gasteiger partial charge in [0.15, 0.2) is 23.3 Å². The van der Waals surface area contributed by atoms with E-state index in [2.05, 4.69) is 337 Å². The van der Waals surface area contributed by atoms with Crippen LogP contribution in [0, 0.1) is 34.9 Å². The summed E-state index contributed by atoms with van der Waals surface area (Å²) in [7, 11) is 0. The Balaban J connectivity index is 0.000000150. The zero-order chi connectivity index (χ0) is 82.4. The van der Waals surface area contributed by atoms with Gasteiger partial charge in [-0.05, 0) is 247 Å². The number of halogens is 6. The molecule has 3 aromatic heterocycles. The van der Waals surface area contributed by atoms with Crippen LogP contribution in [0.25, 0.3) is 153 Å². The highest BCUT2D eigenvalue weighted by Crippen LogP contribution is 2.51. The number of fused-ring (bicyclic) bond motifs is 12. The fraction of sp³-hybridized carbons (Fsp3) is 0.0270. The van der Waals surface area contributed by atoms with Crippen molar-refractivity contribution in [3.63, 3.8) is 0 Å². The summed E-state index contributed by atoms with van der Waals surface area (Å²) >= 11 is 1.76. The molecule has 584 valence electrons. The van der Waals surface area contributed by atoms with E-state index < -0.39 is 34.6 Å². The van der Waals surface area contributed by atoms with Crippen LogP contribution >= 0.6 is 11.3 Å². The number of benzene rings is 18. The fourth-order valence-corrected chi connectivity index (χ4v) is 19.1. The quantitative estimate of drug-likeness (QED) is 0.0613. The summed E-state index contributed by atoms with van der Waals surface area (Å²) in [6.07, 6.45) is 0. The summed E-state index contributed by atoms with van der Waals surface area (Å²) < 4.78 is 92.9. The molecule has 0 unspecified atom stereocenters. The van der Waals surface area contributed by atoms with Crippen molar-refractivity contribution in [2.75, 3.05) is 9.80 Å². The van der Waals surface area contributed by atoms with Gasteiger partial charge in [-0.3, -0.25) is 0 Å². The molecule has 0 amide bonds. The maximum atomic E-state index is 14.9. The summed E-state index contributed by atoms with van der Waals surface area (Å²) in [4.78, 5) is 4.29. The molecule has 0 saturated heterocycles. The van der Waals surface area contributed by atoms with Crippen LogP contribution in [-0.4, -0.2) is 9.13 Å². The van der Waals surface area contributed by atoms with E-state index in [0.29, 0.717) is 5.69 Å². The van der Waals surface area contributed by atoms with Gasteiger partial charge in [0.05, 0.1) is 27.6 Å². The van der Waals surface area contributed by atoms with E-state index >= 15 is 0 Å². The largest absolute Gasteiger partial charge is 0.311 e. The van der Waals surface area contributed by atoms with Gasteiger partial charge in [0.25, 0.3) is 0 Å². The molecular weight excluding hydrogens is 1540 g/mol. The molecule has 0 atom stereocenters. The first kappa shape index (κ1) is 74.5. The fourth-order valence-electron chi connectivity index (χ4n) is 18.0. The summed E-state index contributed by atoms with van der Waals surface area (Å²) in [5.41, 5.74) is 27.3. The molecule has 1 aliphatic carbocycles. The minimum absolute atomic E-state index is 0.0578. The maximum absolute atomic E-state index is 14.9. The zero-order valence-electron chi connectivity index (χ0n) is 66.1. The van der Waals surface area contributed by atoms with E-state index in [0.717, 1.165) is 101 Å². The molecule has 0 radical (unpaired) electrons. The van der Waals surface area contributed by atoms with Gasteiger partial charge < -0.3 is 18.9 Å². The zero-order valence-corrected chi connectivity index (χ0v) is 66.9. The highest BCUT2D eigenvalue weighted by molar-refractivity contribution is 7.25. The van der Waals surface area contributed by atoms with E-state index in [-0.39, 0.29) is 16.8 Å². The van der Waals surface area contributed by atoms with Crippen LogP contribution in [0.5, 0.6) is 0 Å². The van der Waals surface area contributed by atoms with E-state index in [9.17, 15) is 26.3 Å². The van der Waals surface area contributed by atoms with Crippen LogP contribution in [0.1, 0.15) is 25.0 Å². The molecule has 21 aromatic rings. The van der Waals surface area contributed by atoms with Gasteiger partial charge >= 0.3 is 0 Å². The lowest BCUT2D eigenvalue weighted by Gasteiger charge is -2.26. The van der Waals surface area contributed by atoms with Crippen molar-refractivity contribution in [1.29, 1.82) is 0 Å². The molecule has 0 N–H and O–H groups in total. The second-order valence-electron chi connectivity index (χ2n) is 31.5. The van der Waals surface area contributed by atoms with Crippen molar-refractivity contribution in [2.24, 2.45) is 0 Å². The van der Waals surface area contributed by atoms with Gasteiger partial charge in [-0.2, -0.15) is 0 Å². The lowest BCUT2D eigenvalue weighted by molar-refractivity contribution is 0.381. The van der Waals surface area contributed by atoms with E-state index in [1.165, 1.54) is 105 Å². The first-order valence-corrected chi connectivity index (χ1v) is 41.4. The molecule has 0 bridgehead atoms. The van der Waals surface area contributed by atoms with E-state index in [4.69, 9.17) is 0 Å². The molecule has 0 fully saturated rings. The summed E-state index contributed by atoms with van der Waals surface area (Å²) in [6, 6.07) is 137. The smallest absolute Gasteiger partial charge is 0.200 e. The van der Waals surface area contributed by atoms with Crippen LogP contribution < -0.4 is 9.80 Å². The number of anilines is 6. The van der Waals surface area contributed by atoms with Crippen molar-refractivity contribution >= 4 is 109 Å². The first-order chi connectivity index (χ1) is 59.7. The minimum atomic E-state index is -2.19. The average molecular weight is 1610 g/mol. The molecule has 0 spiro atoms. The second kappa shape index (κ2) is 30.4. The Hall–Kier alpha value is -15.0. The summed E-state index contributed by atoms with van der Waals surface area (Å²) in [6.45, 7) is 4.66. The van der Waals surface area contributed by atoms with Crippen molar-refractivity contribution in [3.8, 4) is 89.3 Å². The molecule has 18 aromatic carbocycles. The molecule has 0 saturated carbocycles. The predicted molar refractivity (Wildman–Crippen MR) is 494 cm³/mol. The summed E-state index contributed by atoms with van der Waals surface area (Å²) in [5, 5.41) is 7.20. The normalized spacial score (nSPS) is 12.2. The molecule has 0 aliphatic heterocycles. The highest BCUT2D eigenvalue weighted by Gasteiger charge is 2.36. The van der Waals surface area contributed by atoms with Crippen molar-refractivity contribution < 1.29 is 26.3 Å². The lowest BCUT2D eigenvalue weighted by atomic mass is 9.81. The topological polar surface area (TPSA) is 16.3 Å². The number of thiophene rings is 1. The second-order valence-corrected chi connectivity index (χ2v) is 32.6. The van der Waals surface area contributed by atoms with Gasteiger partial charge in [-0.1, -0.05) is 250 Å². The lowest BCUT2D eigenvalue weighted by Crippen LogP contribution is -2.14. The molecule has 11 heteroatoms. The van der Waals surface area contributed by atoms with Crippen molar-refractivity contribution in [3.05, 3.63) is 446 Å². The summed E-state index contributed by atoms with van der Waals surface area (Å²) in [5.74, 6) is -10.2. The van der Waals surface area contributed by atoms with E-state index in [1.54, 1.807) is 23.5 Å². The Kier molecular flexibility index (Phi) is 18.6. The maximum Gasteiger partial charge on any atom is 0.200 e. The molecule has 122 heavy (non-hydrogen) atoms. The predicted octanol–water partition coefficient (Wildman–Crippen LogP) is 32.0. The average Bonchev–Trinajstić information content (AvgIpc) is 1.59. The standard InChI is InChI=1S/C57H41FN2.C54H31F5N2S/c1-57(2)53-14-8-6-12-49(53)50-34-24-43(37-54(50)57)41-22-32-48(33-23-41)59(46-28-18-39(19-29-46)38-16-26-44(58)27-17-38)47-30-20-40(21-31-47)42-25-35-56-52(36-42)51-13-7-9-15-55(51)60(56)45-10-4-3-5-11-45;55-50-49(51(56)53(58)54(59)52(50)57)34-18-26-40(27-19-34)60(39-24-16-33(17-25-39)36-20-28-43-42-11-5-7-13-47(42)62-48(43)31-36)38-22-14-32(15-23-38)35-21-29-46-44(30-35)41-10-4-6-12-45(41)61(46)37-8-2-1-3-9-37/h3-37H,1-2H3;1-31H. The Labute approximate surface area is 704 Å². The van der Waals surface area contributed by atoms with Gasteiger partial charge in [-0.25, -0.2) is 26.3 Å². The Morgan fingerprint density at radius 1 is 0.230 bits per heavy atom. The van der Waals surface area contributed by atoms with E-state index in [1.807, 2.05) is 59.5 Å². The first-order valence-electron chi connectivity index (χ1n) is 40.6. The number of hydrogen-bond acceptors (Lipinski definition) is 3. The number of para-hydroxylation sites is 4. The minimum Gasteiger partial charge on any atom is -0.311 e. The Bertz CT molecular complexity index is 7580. The molecule has 22 rings (SSSR count). The third kappa shape index (κ3) is 13.0. The third-order valence-corrected chi connectivity index (χ3v) is 25.2. The third-order valence-electron chi connectivity index (χ3n) is 24.1. The number of hydrogen-bond donors (Lipinski definition) is 0. The molecule has 1 aliphatic rings. The van der Waals surface area contributed by atoms with Crippen LogP contribution in [0.4, 0.5) is 60.5 Å². The molecular formula is C111H72F6N4S. The van der Waals surface area contributed by atoms with Crippen LogP contribution in [-0.2, 0) is 5.41 Å². The van der Waals surface area contributed by atoms with Crippen LogP contribution in [0.3, 0.4) is 0 Å². The van der Waals surface area contributed by atoms with Gasteiger partial charge in [0.2, 0.25) is 5.82 Å². The highest BCUT2D eigenvalue weighted by atomic mass is 32.1. The van der Waals surface area contributed by atoms with Gasteiger partial charge in [0.1, 0.15) is 5.82 Å². The van der Waals surface area contributed by atoms with Crippen LogP contribution in [0.15, 0.2) is 400 Å². The number of nitrogens with zero attached hydrogens (tertiary/aromatic N) is 4. The number of rotatable bonds is 14. The van der Waals surface area contributed by atoms with Crippen molar-refractivity contribution in [2.45, 2.75) is 19.3 Å². The molecule has 4 nitrogen and oxygen atoms in total. The Morgan fingerprint density at radius 3 is 1.02 bits per heavy atom.